The zero-order valence-electron chi connectivity index (χ0n) is 21.3. The summed E-state index contributed by atoms with van der Waals surface area (Å²) in [6.07, 6.45) is 4.02. The molecule has 5 rings (SSSR count). The van der Waals surface area contributed by atoms with E-state index in [4.69, 9.17) is 14.7 Å². The minimum Gasteiger partial charge on any atom is -0.466 e. The Bertz CT molecular complexity index is 1450. The second-order valence-corrected chi connectivity index (χ2v) is 9.94. The van der Waals surface area contributed by atoms with Gasteiger partial charge in [-0.3, -0.25) is 9.59 Å². The summed E-state index contributed by atoms with van der Waals surface area (Å²) in [5.41, 5.74) is 5.39. The van der Waals surface area contributed by atoms with E-state index in [0.29, 0.717) is 18.9 Å². The normalized spacial score (nSPS) is 22.3. The fourth-order valence-corrected chi connectivity index (χ4v) is 6.09. The molecule has 2 aliphatic rings. The Labute approximate surface area is 217 Å². The second-order valence-electron chi connectivity index (χ2n) is 9.94. The standard InChI is InChI=1S/C31H29N3O3/c1-19-27-13-12-26-28(23-9-7-8-22(16-23)14-15-37-21(3)35)33-20(2)34-30(26)31(27,17-24(18-32)29(19)36)25-10-5-4-6-11-25/h4-11,16-17,19,27H,12-15H2,1-3H3/t19-,27-,31?/m0/s1. The predicted molar refractivity (Wildman–Crippen MR) is 139 cm³/mol. The maximum atomic E-state index is 13.1. The van der Waals surface area contributed by atoms with Gasteiger partial charge in [0.05, 0.1) is 29.0 Å². The van der Waals surface area contributed by atoms with Crippen LogP contribution in [-0.4, -0.2) is 28.3 Å². The predicted octanol–water partition coefficient (Wildman–Crippen LogP) is 5.07. The Morgan fingerprint density at radius 1 is 1.16 bits per heavy atom. The van der Waals surface area contributed by atoms with E-state index < -0.39 is 5.41 Å². The van der Waals surface area contributed by atoms with Crippen LogP contribution in [0.25, 0.3) is 11.3 Å². The van der Waals surface area contributed by atoms with Gasteiger partial charge in [-0.15, -0.1) is 0 Å². The van der Waals surface area contributed by atoms with Gasteiger partial charge in [0, 0.05) is 30.4 Å². The first-order valence-electron chi connectivity index (χ1n) is 12.7. The molecule has 186 valence electrons. The number of ketones is 1. The third kappa shape index (κ3) is 4.25. The topological polar surface area (TPSA) is 92.9 Å². The summed E-state index contributed by atoms with van der Waals surface area (Å²) in [5, 5.41) is 9.90. The molecule has 3 aromatic rings. The van der Waals surface area contributed by atoms with E-state index in [1.54, 1.807) is 0 Å². The molecular formula is C31H29N3O3. The minimum absolute atomic E-state index is 0.00999. The molecule has 6 heteroatoms. The van der Waals surface area contributed by atoms with Crippen molar-refractivity contribution in [2.45, 2.75) is 45.4 Å². The van der Waals surface area contributed by atoms with E-state index in [0.717, 1.165) is 46.5 Å². The van der Waals surface area contributed by atoms with Crippen molar-refractivity contribution >= 4 is 11.8 Å². The fourth-order valence-electron chi connectivity index (χ4n) is 6.09. The Kier molecular flexibility index (Phi) is 6.47. The Hall–Kier alpha value is -4.11. The van der Waals surface area contributed by atoms with Crippen LogP contribution in [0.5, 0.6) is 0 Å². The zero-order valence-corrected chi connectivity index (χ0v) is 21.3. The fraction of sp³-hybridized carbons (Fsp3) is 0.323. The number of benzene rings is 2. The third-order valence-corrected chi connectivity index (χ3v) is 7.72. The first kappa shape index (κ1) is 24.6. The minimum atomic E-state index is -0.692. The average Bonchev–Trinajstić information content (AvgIpc) is 2.90. The molecule has 37 heavy (non-hydrogen) atoms. The molecule has 2 aromatic carbocycles. The lowest BCUT2D eigenvalue weighted by atomic mass is 9.54. The molecule has 0 saturated carbocycles. The second kappa shape index (κ2) is 9.74. The van der Waals surface area contributed by atoms with Gasteiger partial charge >= 0.3 is 5.97 Å². The summed E-state index contributed by atoms with van der Waals surface area (Å²) in [6, 6.07) is 20.4. The average molecular weight is 492 g/mol. The largest absolute Gasteiger partial charge is 0.466 e. The number of rotatable bonds is 5. The molecule has 0 saturated heterocycles. The number of nitrogens with zero attached hydrogens (tertiary/aromatic N) is 3. The highest BCUT2D eigenvalue weighted by atomic mass is 16.5. The number of Topliss-reactive ketones (excluding diaryl/α,β-unsaturated/α-hetero) is 1. The molecule has 1 aromatic heterocycles. The highest BCUT2D eigenvalue weighted by Gasteiger charge is 2.53. The molecule has 0 N–H and O–H groups in total. The highest BCUT2D eigenvalue weighted by molar-refractivity contribution is 6.02. The molecule has 0 spiro atoms. The van der Waals surface area contributed by atoms with Gasteiger partial charge in [0.15, 0.2) is 5.78 Å². The highest BCUT2D eigenvalue weighted by Crippen LogP contribution is 2.54. The van der Waals surface area contributed by atoms with Crippen LogP contribution in [-0.2, 0) is 32.6 Å². The molecular weight excluding hydrogens is 462 g/mol. The van der Waals surface area contributed by atoms with E-state index in [1.165, 1.54) is 6.92 Å². The lowest BCUT2D eigenvalue weighted by Gasteiger charge is -2.48. The van der Waals surface area contributed by atoms with Crippen LogP contribution >= 0.6 is 0 Å². The molecule has 0 aliphatic heterocycles. The molecule has 0 bridgehead atoms. The van der Waals surface area contributed by atoms with Crippen molar-refractivity contribution in [3.05, 3.63) is 94.5 Å². The summed E-state index contributed by atoms with van der Waals surface area (Å²) >= 11 is 0. The van der Waals surface area contributed by atoms with Crippen molar-refractivity contribution in [3.8, 4) is 17.3 Å². The summed E-state index contributed by atoms with van der Waals surface area (Å²) in [5.74, 6) is -0.0385. The number of hydrogen-bond acceptors (Lipinski definition) is 6. The molecule has 0 radical (unpaired) electrons. The Morgan fingerprint density at radius 3 is 2.68 bits per heavy atom. The lowest BCUT2D eigenvalue weighted by Crippen LogP contribution is -2.48. The van der Waals surface area contributed by atoms with Crippen LogP contribution < -0.4 is 0 Å². The maximum Gasteiger partial charge on any atom is 0.302 e. The van der Waals surface area contributed by atoms with Gasteiger partial charge in [0.1, 0.15) is 11.9 Å². The zero-order chi connectivity index (χ0) is 26.2. The van der Waals surface area contributed by atoms with Gasteiger partial charge in [-0.25, -0.2) is 9.97 Å². The van der Waals surface area contributed by atoms with Crippen LogP contribution in [0.3, 0.4) is 0 Å². The van der Waals surface area contributed by atoms with E-state index in [1.807, 2.05) is 56.3 Å². The van der Waals surface area contributed by atoms with Crippen LogP contribution in [0, 0.1) is 30.1 Å². The molecule has 0 amide bonds. The Balaban J connectivity index is 1.71. The first-order chi connectivity index (χ1) is 17.8. The van der Waals surface area contributed by atoms with E-state index >= 15 is 0 Å². The number of aromatic nitrogens is 2. The molecule has 6 nitrogen and oxygen atoms in total. The van der Waals surface area contributed by atoms with Crippen molar-refractivity contribution in [3.63, 3.8) is 0 Å². The maximum absolute atomic E-state index is 13.1. The molecule has 0 fully saturated rings. The van der Waals surface area contributed by atoms with E-state index in [9.17, 15) is 14.9 Å². The van der Waals surface area contributed by atoms with Crippen molar-refractivity contribution in [2.24, 2.45) is 11.8 Å². The van der Waals surface area contributed by atoms with Gasteiger partial charge in [0.2, 0.25) is 0 Å². The number of fused-ring (bicyclic) bond motifs is 3. The SMILES string of the molecule is CC(=O)OCCc1cccc(-c2nc(C)nc3c2CC[C@H]2[C@H](C)C(=O)C(C#N)=CC32c2ccccc2)c1. The van der Waals surface area contributed by atoms with Crippen LogP contribution in [0.2, 0.25) is 0 Å². The number of esters is 1. The van der Waals surface area contributed by atoms with E-state index in [2.05, 4.69) is 24.3 Å². The smallest absolute Gasteiger partial charge is 0.302 e. The number of carbonyl (C=O) groups excluding carboxylic acids is 2. The Morgan fingerprint density at radius 2 is 1.95 bits per heavy atom. The van der Waals surface area contributed by atoms with Crippen LogP contribution in [0.15, 0.2) is 66.2 Å². The van der Waals surface area contributed by atoms with Gasteiger partial charge in [-0.2, -0.15) is 5.26 Å². The van der Waals surface area contributed by atoms with Crippen molar-refractivity contribution in [1.82, 2.24) is 9.97 Å². The first-order valence-corrected chi connectivity index (χ1v) is 12.7. The number of nitriles is 1. The number of aryl methyl sites for hydroxylation is 1. The number of carbonyl (C=O) groups is 2. The van der Waals surface area contributed by atoms with Gasteiger partial charge in [0.25, 0.3) is 0 Å². The molecule has 1 heterocycles. The van der Waals surface area contributed by atoms with Crippen molar-refractivity contribution < 1.29 is 14.3 Å². The van der Waals surface area contributed by atoms with Crippen molar-refractivity contribution in [1.29, 1.82) is 5.26 Å². The van der Waals surface area contributed by atoms with Crippen LogP contribution in [0.1, 0.15) is 48.5 Å². The molecule has 2 aliphatic carbocycles. The van der Waals surface area contributed by atoms with Crippen LogP contribution in [0.4, 0.5) is 0 Å². The molecule has 3 atom stereocenters. The third-order valence-electron chi connectivity index (χ3n) is 7.72. The van der Waals surface area contributed by atoms with Gasteiger partial charge in [-0.1, -0.05) is 55.5 Å². The van der Waals surface area contributed by atoms with E-state index in [-0.39, 0.29) is 29.2 Å². The molecule has 1 unspecified atom stereocenters. The number of ether oxygens (including phenoxy) is 1. The van der Waals surface area contributed by atoms with Gasteiger partial charge < -0.3 is 4.74 Å². The quantitative estimate of drug-likeness (QED) is 0.463. The summed E-state index contributed by atoms with van der Waals surface area (Å²) in [6.45, 7) is 5.57. The summed E-state index contributed by atoms with van der Waals surface area (Å²) in [4.78, 5) is 34.2. The van der Waals surface area contributed by atoms with Gasteiger partial charge in [-0.05, 0) is 49.0 Å². The monoisotopic (exact) mass is 491 g/mol. The van der Waals surface area contributed by atoms with Crippen molar-refractivity contribution in [2.75, 3.05) is 6.61 Å². The lowest BCUT2D eigenvalue weighted by molar-refractivity contribution is -0.140. The summed E-state index contributed by atoms with van der Waals surface area (Å²) in [7, 11) is 0. The number of hydrogen-bond donors (Lipinski definition) is 0. The number of allylic oxidation sites excluding steroid dienone is 2. The summed E-state index contributed by atoms with van der Waals surface area (Å²) < 4.78 is 5.14.